The zero-order chi connectivity index (χ0) is 20.1. The molecule has 0 radical (unpaired) electrons. The number of aryl methyl sites for hydroxylation is 1. The van der Waals surface area contributed by atoms with Crippen LogP contribution in [0.2, 0.25) is 0 Å². The molecule has 0 saturated carbocycles. The van der Waals surface area contributed by atoms with E-state index in [1.165, 1.54) is 12.1 Å². The molecule has 9 heteroatoms. The van der Waals surface area contributed by atoms with Crippen LogP contribution in [0, 0.1) is 0 Å². The maximum atomic E-state index is 12.3. The quantitative estimate of drug-likeness (QED) is 0.559. The summed E-state index contributed by atoms with van der Waals surface area (Å²) in [5.41, 5.74) is 9.10. The lowest BCUT2D eigenvalue weighted by atomic mass is 10.0. The van der Waals surface area contributed by atoms with Crippen LogP contribution in [-0.4, -0.2) is 25.1 Å². The van der Waals surface area contributed by atoms with Gasteiger partial charge in [0.05, 0.1) is 11.6 Å². The van der Waals surface area contributed by atoms with Crippen molar-refractivity contribution in [3.05, 3.63) is 60.3 Å². The van der Waals surface area contributed by atoms with Crippen LogP contribution >= 0.6 is 0 Å². The average Bonchev–Trinajstić information content (AvgIpc) is 2.67. The highest BCUT2D eigenvalue weighted by Crippen LogP contribution is 2.26. The van der Waals surface area contributed by atoms with E-state index in [2.05, 4.69) is 15.3 Å². The van der Waals surface area contributed by atoms with E-state index >= 15 is 0 Å². The molecule has 1 heterocycles. The van der Waals surface area contributed by atoms with Gasteiger partial charge < -0.3 is 11.1 Å². The fraction of sp³-hybridized carbons (Fsp3) is 0.158. The Hall–Kier alpha value is -3.04. The number of anilines is 3. The topological polar surface area (TPSA) is 124 Å². The van der Waals surface area contributed by atoms with Crippen LogP contribution in [-0.2, 0) is 16.4 Å². The number of nitrogens with zero attached hydrogens (tertiary/aromatic N) is 2. The highest BCUT2D eigenvalue weighted by atomic mass is 32.2. The van der Waals surface area contributed by atoms with Crippen molar-refractivity contribution in [2.24, 2.45) is 5.14 Å². The number of halogens is 1. The molecule has 146 valence electrons. The van der Waals surface area contributed by atoms with Gasteiger partial charge in [0.15, 0.2) is 0 Å². The number of alkyl halides is 1. The number of nitrogen functional groups attached to an aromatic ring is 1. The SMILES string of the molecule is Nc1nc(Nc2cccc(S(N)(=O)=O)c2)ncc1-c1ccc(CCCF)cc1. The van der Waals surface area contributed by atoms with Crippen LogP contribution in [0.4, 0.5) is 21.8 Å². The fourth-order valence-corrected chi connectivity index (χ4v) is 3.24. The molecule has 0 atom stereocenters. The van der Waals surface area contributed by atoms with Crippen molar-refractivity contribution in [1.82, 2.24) is 9.97 Å². The van der Waals surface area contributed by atoms with Gasteiger partial charge in [-0.2, -0.15) is 4.98 Å². The zero-order valence-electron chi connectivity index (χ0n) is 15.0. The first-order valence-corrected chi connectivity index (χ1v) is 10.1. The number of sulfonamides is 1. The molecule has 0 fully saturated rings. The Bertz CT molecular complexity index is 1070. The average molecular weight is 401 g/mol. The molecule has 7 nitrogen and oxygen atoms in total. The lowest BCUT2D eigenvalue weighted by Gasteiger charge is -2.10. The third kappa shape index (κ3) is 4.81. The maximum absolute atomic E-state index is 12.3. The van der Waals surface area contributed by atoms with Crippen LogP contribution in [0.3, 0.4) is 0 Å². The van der Waals surface area contributed by atoms with Crippen LogP contribution in [0.25, 0.3) is 11.1 Å². The largest absolute Gasteiger partial charge is 0.383 e. The number of nitrogens with two attached hydrogens (primary N) is 2. The molecule has 0 saturated heterocycles. The minimum atomic E-state index is -3.80. The number of benzene rings is 2. The number of primary sulfonamides is 1. The second kappa shape index (κ2) is 8.32. The summed E-state index contributed by atoms with van der Waals surface area (Å²) >= 11 is 0. The summed E-state index contributed by atoms with van der Waals surface area (Å²) in [5, 5.41) is 8.05. The van der Waals surface area contributed by atoms with Crippen molar-refractivity contribution >= 4 is 27.5 Å². The van der Waals surface area contributed by atoms with Crippen LogP contribution < -0.4 is 16.2 Å². The van der Waals surface area contributed by atoms with Gasteiger partial charge in [-0.1, -0.05) is 30.3 Å². The molecule has 1 aromatic heterocycles. The minimum absolute atomic E-state index is 0.0186. The van der Waals surface area contributed by atoms with E-state index in [0.717, 1.165) is 11.1 Å². The summed E-state index contributed by atoms with van der Waals surface area (Å²) in [6, 6.07) is 13.7. The number of hydrogen-bond acceptors (Lipinski definition) is 6. The van der Waals surface area contributed by atoms with Crippen molar-refractivity contribution in [3.63, 3.8) is 0 Å². The summed E-state index contributed by atoms with van der Waals surface area (Å²) in [7, 11) is -3.80. The highest BCUT2D eigenvalue weighted by molar-refractivity contribution is 7.89. The summed E-state index contributed by atoms with van der Waals surface area (Å²) < 4.78 is 35.2. The maximum Gasteiger partial charge on any atom is 0.238 e. The standard InChI is InChI=1S/C19H20FN5O2S/c20-10-2-3-13-6-8-14(9-7-13)17-12-23-19(25-18(17)21)24-15-4-1-5-16(11-15)28(22,26)27/h1,4-9,11-12H,2-3,10H2,(H2,22,26,27)(H3,21,23,24,25). The Labute approximate surface area is 162 Å². The second-order valence-corrected chi connectivity index (χ2v) is 7.74. The Balaban J connectivity index is 1.79. The Kier molecular flexibility index (Phi) is 5.86. The lowest BCUT2D eigenvalue weighted by Crippen LogP contribution is -2.12. The van der Waals surface area contributed by atoms with Crippen LogP contribution in [0.1, 0.15) is 12.0 Å². The van der Waals surface area contributed by atoms with Gasteiger partial charge in [0.2, 0.25) is 16.0 Å². The second-order valence-electron chi connectivity index (χ2n) is 6.18. The number of nitrogens with one attached hydrogen (secondary N) is 1. The van der Waals surface area contributed by atoms with Gasteiger partial charge in [-0.15, -0.1) is 0 Å². The van der Waals surface area contributed by atoms with Gasteiger partial charge in [0.25, 0.3) is 0 Å². The molecule has 0 aliphatic carbocycles. The molecule has 28 heavy (non-hydrogen) atoms. The molecule has 0 aliphatic heterocycles. The molecule has 0 amide bonds. The number of hydrogen-bond donors (Lipinski definition) is 3. The Morgan fingerprint density at radius 1 is 1.11 bits per heavy atom. The Morgan fingerprint density at radius 2 is 1.86 bits per heavy atom. The predicted molar refractivity (Wildman–Crippen MR) is 107 cm³/mol. The van der Waals surface area contributed by atoms with Gasteiger partial charge in [0, 0.05) is 17.4 Å². The molecule has 3 rings (SSSR count). The zero-order valence-corrected chi connectivity index (χ0v) is 15.8. The molecule has 2 aromatic carbocycles. The summed E-state index contributed by atoms with van der Waals surface area (Å²) in [6.45, 7) is -0.336. The highest BCUT2D eigenvalue weighted by Gasteiger charge is 2.10. The molecule has 5 N–H and O–H groups in total. The third-order valence-electron chi connectivity index (χ3n) is 4.10. The number of rotatable bonds is 7. The van der Waals surface area contributed by atoms with Gasteiger partial charge in [-0.05, 0) is 42.2 Å². The van der Waals surface area contributed by atoms with Gasteiger partial charge >= 0.3 is 0 Å². The van der Waals surface area contributed by atoms with Crippen molar-refractivity contribution in [1.29, 1.82) is 0 Å². The van der Waals surface area contributed by atoms with E-state index < -0.39 is 10.0 Å². The summed E-state index contributed by atoms with van der Waals surface area (Å²) in [4.78, 5) is 8.46. The first-order valence-electron chi connectivity index (χ1n) is 8.54. The molecular weight excluding hydrogens is 381 g/mol. The van der Waals surface area contributed by atoms with Crippen LogP contribution in [0.5, 0.6) is 0 Å². The lowest BCUT2D eigenvalue weighted by molar-refractivity contribution is 0.473. The van der Waals surface area contributed by atoms with Gasteiger partial charge in [-0.3, -0.25) is 4.39 Å². The third-order valence-corrected chi connectivity index (χ3v) is 5.01. The van der Waals surface area contributed by atoms with E-state index in [0.29, 0.717) is 24.1 Å². The predicted octanol–water partition coefficient (Wildman–Crippen LogP) is 3.02. The monoisotopic (exact) mass is 401 g/mol. The first-order chi connectivity index (χ1) is 13.4. The number of aromatic nitrogens is 2. The van der Waals surface area contributed by atoms with Gasteiger partial charge in [-0.25, -0.2) is 18.5 Å². The van der Waals surface area contributed by atoms with Crippen molar-refractivity contribution in [2.45, 2.75) is 17.7 Å². The van der Waals surface area contributed by atoms with E-state index in [1.54, 1.807) is 18.3 Å². The van der Waals surface area contributed by atoms with E-state index in [4.69, 9.17) is 10.9 Å². The smallest absolute Gasteiger partial charge is 0.238 e. The van der Waals surface area contributed by atoms with E-state index in [9.17, 15) is 12.8 Å². The first kappa shape index (κ1) is 19.7. The van der Waals surface area contributed by atoms with Crippen molar-refractivity contribution in [3.8, 4) is 11.1 Å². The molecular formula is C19H20FN5O2S. The molecule has 0 aliphatic rings. The van der Waals surface area contributed by atoms with Crippen LogP contribution in [0.15, 0.2) is 59.6 Å². The fourth-order valence-electron chi connectivity index (χ4n) is 2.68. The molecule has 0 bridgehead atoms. The van der Waals surface area contributed by atoms with E-state index in [-0.39, 0.29) is 23.3 Å². The van der Waals surface area contributed by atoms with E-state index in [1.807, 2.05) is 24.3 Å². The normalized spacial score (nSPS) is 11.4. The molecule has 0 unspecified atom stereocenters. The minimum Gasteiger partial charge on any atom is -0.383 e. The molecule has 0 spiro atoms. The van der Waals surface area contributed by atoms with Crippen molar-refractivity contribution in [2.75, 3.05) is 17.7 Å². The summed E-state index contributed by atoms with van der Waals surface area (Å²) in [6.07, 6.45) is 2.77. The molecule has 3 aromatic rings. The summed E-state index contributed by atoms with van der Waals surface area (Å²) in [5.74, 6) is 0.504. The van der Waals surface area contributed by atoms with Gasteiger partial charge in [0.1, 0.15) is 5.82 Å². The Morgan fingerprint density at radius 3 is 2.50 bits per heavy atom. The van der Waals surface area contributed by atoms with Crippen molar-refractivity contribution < 1.29 is 12.8 Å².